The van der Waals surface area contributed by atoms with Crippen LogP contribution in [0, 0.1) is 0 Å². The van der Waals surface area contributed by atoms with Crippen molar-refractivity contribution in [1.29, 1.82) is 0 Å². The molecule has 0 radical (unpaired) electrons. The van der Waals surface area contributed by atoms with Gasteiger partial charge in [-0.3, -0.25) is 4.79 Å². The summed E-state index contributed by atoms with van der Waals surface area (Å²) in [6.45, 7) is 0. The third kappa shape index (κ3) is 2.25. The molecule has 1 aromatic heterocycles. The Hall–Kier alpha value is -1.43. The third-order valence-electron chi connectivity index (χ3n) is 2.76. The van der Waals surface area contributed by atoms with Gasteiger partial charge in [0.05, 0.1) is 10.9 Å². The number of benzene rings is 2. The molecule has 0 N–H and O–H groups in total. The molecule has 0 saturated carbocycles. The molecule has 0 bridgehead atoms. The summed E-state index contributed by atoms with van der Waals surface area (Å²) >= 11 is 0. The van der Waals surface area contributed by atoms with Gasteiger partial charge in [-0.1, -0.05) is 42.5 Å². The summed E-state index contributed by atoms with van der Waals surface area (Å²) in [5.74, 6) is 0. The molecule has 3 heteroatoms. The molecule has 3 rings (SSSR count). The van der Waals surface area contributed by atoms with Gasteiger partial charge in [0.25, 0.3) is 0 Å². The van der Waals surface area contributed by atoms with Gasteiger partial charge in [-0.2, -0.15) is 0 Å². The first kappa shape index (κ1) is 13.0. The van der Waals surface area contributed by atoms with E-state index in [1.807, 2.05) is 42.5 Å². The number of para-hydroxylation sites is 1. The predicted molar refractivity (Wildman–Crippen MR) is 79.3 cm³/mol. The van der Waals surface area contributed by atoms with Crippen LogP contribution in [0.25, 0.3) is 22.1 Å². The first-order chi connectivity index (χ1) is 8.36. The molecule has 0 fully saturated rings. The average molecular weight is 433 g/mol. The van der Waals surface area contributed by atoms with Crippen molar-refractivity contribution < 1.29 is 4.42 Å². The van der Waals surface area contributed by atoms with Crippen molar-refractivity contribution in [2.75, 3.05) is 0 Å². The fourth-order valence-electron chi connectivity index (χ4n) is 1.89. The van der Waals surface area contributed by atoms with Crippen molar-refractivity contribution in [3.05, 3.63) is 71.1 Å². The molecule has 0 saturated heterocycles. The Kier molecular flexibility index (Phi) is 3.96. The van der Waals surface area contributed by atoms with Crippen molar-refractivity contribution in [3.63, 3.8) is 0 Å². The van der Waals surface area contributed by atoms with Gasteiger partial charge in [-0.25, -0.2) is 0 Å². The summed E-state index contributed by atoms with van der Waals surface area (Å²) in [6, 6.07) is 16.8. The summed E-state index contributed by atoms with van der Waals surface area (Å²) in [4.78, 5) is 12.3. The maximum absolute atomic E-state index is 12.3. The minimum absolute atomic E-state index is 0. The van der Waals surface area contributed by atoms with Crippen LogP contribution in [0.15, 0.2) is 70.1 Å². The van der Waals surface area contributed by atoms with E-state index in [0.29, 0.717) is 16.5 Å². The fraction of sp³-hybridized carbons (Fsp3) is 0. The zero-order chi connectivity index (χ0) is 11.7. The van der Waals surface area contributed by atoms with E-state index in [0.717, 1.165) is 5.56 Å². The van der Waals surface area contributed by atoms with E-state index in [2.05, 4.69) is 0 Å². The van der Waals surface area contributed by atoms with E-state index in [4.69, 9.17) is 4.42 Å². The van der Waals surface area contributed by atoms with E-state index < -0.39 is 0 Å². The summed E-state index contributed by atoms with van der Waals surface area (Å²) < 4.78 is 5.48. The van der Waals surface area contributed by atoms with Crippen LogP contribution in [0.5, 0.6) is 0 Å². The van der Waals surface area contributed by atoms with E-state index in [9.17, 15) is 4.79 Å². The summed E-state index contributed by atoms with van der Waals surface area (Å²) in [6.07, 6.45) is 1.53. The molecular formula is C15H14O2Pb. The Balaban J connectivity index is 0.00000120. The number of fused-ring (bicyclic) bond motifs is 1. The van der Waals surface area contributed by atoms with Gasteiger partial charge in [0, 0.05) is 0 Å². The van der Waals surface area contributed by atoms with Crippen LogP contribution in [0.1, 0.15) is 0 Å². The van der Waals surface area contributed by atoms with Crippen LogP contribution >= 0.6 is 0 Å². The molecule has 90 valence electrons. The van der Waals surface area contributed by atoms with Crippen LogP contribution in [0.3, 0.4) is 0 Å². The van der Waals surface area contributed by atoms with Gasteiger partial charge in [0.2, 0.25) is 0 Å². The van der Waals surface area contributed by atoms with E-state index >= 15 is 0 Å². The Morgan fingerprint density at radius 1 is 0.833 bits per heavy atom. The van der Waals surface area contributed by atoms with Crippen LogP contribution in [0.2, 0.25) is 0 Å². The van der Waals surface area contributed by atoms with Gasteiger partial charge < -0.3 is 4.42 Å². The molecule has 0 amide bonds. The normalized spacial score (nSPS) is 10.0. The standard InChI is InChI=1S/C15H10O2.Pb.4H/c16-15-12-8-4-5-9-14(12)17-10-13(15)11-6-2-1-3-7-11;;;;;/h1-10H;;;;;. The molecule has 3 aromatic rings. The van der Waals surface area contributed by atoms with Crippen molar-refractivity contribution in [3.8, 4) is 11.1 Å². The SMILES string of the molecule is O=c1c(-c2ccccc2)coc2ccccc12.[PbH4]. The molecular weight excluding hydrogens is 419 g/mol. The molecule has 1 heterocycles. The molecule has 0 spiro atoms. The quantitative estimate of drug-likeness (QED) is 0.550. The van der Waals surface area contributed by atoms with Gasteiger partial charge >= 0.3 is 27.3 Å². The van der Waals surface area contributed by atoms with Crippen LogP contribution in [-0.2, 0) is 0 Å². The average Bonchev–Trinajstić information content (AvgIpc) is 2.40. The maximum atomic E-state index is 12.3. The van der Waals surface area contributed by atoms with Gasteiger partial charge in [-0.15, -0.1) is 0 Å². The Morgan fingerprint density at radius 3 is 2.28 bits per heavy atom. The second-order valence-electron chi connectivity index (χ2n) is 3.84. The van der Waals surface area contributed by atoms with E-state index in [1.165, 1.54) is 6.26 Å². The zero-order valence-electron chi connectivity index (χ0n) is 9.09. The third-order valence-corrected chi connectivity index (χ3v) is 2.76. The Morgan fingerprint density at radius 2 is 1.50 bits per heavy atom. The van der Waals surface area contributed by atoms with Crippen molar-refractivity contribution in [2.24, 2.45) is 0 Å². The molecule has 0 atom stereocenters. The van der Waals surface area contributed by atoms with E-state index in [-0.39, 0.29) is 32.7 Å². The Labute approximate surface area is 124 Å². The van der Waals surface area contributed by atoms with Gasteiger partial charge in [-0.05, 0) is 17.7 Å². The minimum atomic E-state index is 0. The molecule has 18 heavy (non-hydrogen) atoms. The predicted octanol–water partition coefficient (Wildman–Crippen LogP) is 2.01. The molecule has 2 aromatic carbocycles. The first-order valence-electron chi connectivity index (χ1n) is 5.42. The van der Waals surface area contributed by atoms with Gasteiger partial charge in [0.1, 0.15) is 11.8 Å². The summed E-state index contributed by atoms with van der Waals surface area (Å²) in [5, 5.41) is 0.619. The second-order valence-corrected chi connectivity index (χ2v) is 3.84. The van der Waals surface area contributed by atoms with Gasteiger partial charge in [0.15, 0.2) is 5.43 Å². The molecule has 2 nitrogen and oxygen atoms in total. The molecule has 0 aliphatic carbocycles. The number of hydrogen-bond donors (Lipinski definition) is 0. The molecule has 0 aliphatic heterocycles. The number of rotatable bonds is 1. The second kappa shape index (κ2) is 5.48. The molecule has 0 aliphatic rings. The fourth-order valence-corrected chi connectivity index (χ4v) is 1.89. The monoisotopic (exact) mass is 434 g/mol. The van der Waals surface area contributed by atoms with Crippen molar-refractivity contribution in [1.82, 2.24) is 0 Å². The number of hydrogen-bond acceptors (Lipinski definition) is 2. The summed E-state index contributed by atoms with van der Waals surface area (Å²) in [5.41, 5.74) is 2.12. The van der Waals surface area contributed by atoms with E-state index in [1.54, 1.807) is 12.1 Å². The van der Waals surface area contributed by atoms with Crippen LogP contribution in [0.4, 0.5) is 0 Å². The van der Waals surface area contributed by atoms with Crippen molar-refractivity contribution in [2.45, 2.75) is 0 Å². The van der Waals surface area contributed by atoms with Crippen LogP contribution < -0.4 is 5.43 Å². The summed E-state index contributed by atoms with van der Waals surface area (Å²) in [7, 11) is 0. The Bertz CT molecular complexity index is 717. The first-order valence-corrected chi connectivity index (χ1v) is 5.42. The molecule has 0 unspecified atom stereocenters. The van der Waals surface area contributed by atoms with Crippen molar-refractivity contribution >= 4 is 38.3 Å². The zero-order valence-corrected chi connectivity index (χ0v) is 9.09. The topological polar surface area (TPSA) is 30.2 Å². The van der Waals surface area contributed by atoms with Crippen LogP contribution in [-0.4, -0.2) is 27.3 Å².